The van der Waals surface area contributed by atoms with Gasteiger partial charge in [0.2, 0.25) is 0 Å². The van der Waals surface area contributed by atoms with Gasteiger partial charge in [-0.2, -0.15) is 0 Å². The van der Waals surface area contributed by atoms with Crippen LogP contribution in [0.5, 0.6) is 0 Å². The summed E-state index contributed by atoms with van der Waals surface area (Å²) in [4.78, 5) is 4.73. The molecular formula is C80H44N2O3S3. The van der Waals surface area contributed by atoms with Crippen molar-refractivity contribution in [3.63, 3.8) is 0 Å². The molecule has 410 valence electrons. The van der Waals surface area contributed by atoms with Gasteiger partial charge in [0.25, 0.3) is 0 Å². The Hall–Kier alpha value is -10.7. The molecule has 0 aliphatic rings. The summed E-state index contributed by atoms with van der Waals surface area (Å²) in [7, 11) is 0. The average Bonchev–Trinajstić information content (AvgIpc) is 1.75. The van der Waals surface area contributed by atoms with Gasteiger partial charge in [0.15, 0.2) is 0 Å². The summed E-state index contributed by atoms with van der Waals surface area (Å²) >= 11 is 5.49. The van der Waals surface area contributed by atoms with Crippen LogP contribution in [-0.2, 0) is 0 Å². The number of nitrogens with zero attached hydrogens (tertiary/aromatic N) is 2. The molecule has 88 heavy (non-hydrogen) atoms. The zero-order valence-electron chi connectivity index (χ0n) is 46.7. The molecule has 0 spiro atoms. The van der Waals surface area contributed by atoms with E-state index in [0.717, 1.165) is 133 Å². The molecular weight excluding hydrogens is 1130 g/mol. The van der Waals surface area contributed by atoms with Crippen molar-refractivity contribution in [2.24, 2.45) is 0 Å². The Bertz CT molecular complexity index is 6340. The third-order valence-corrected chi connectivity index (χ3v) is 21.6. The Balaban J connectivity index is 0.642. The highest BCUT2D eigenvalue weighted by Gasteiger charge is 2.23. The van der Waals surface area contributed by atoms with Crippen LogP contribution in [0.2, 0.25) is 0 Å². The predicted octanol–water partition coefficient (Wildman–Crippen LogP) is 25.4. The van der Waals surface area contributed by atoms with Gasteiger partial charge in [-0.1, -0.05) is 115 Å². The van der Waals surface area contributed by atoms with E-state index in [1.165, 1.54) is 60.5 Å². The van der Waals surface area contributed by atoms with E-state index in [4.69, 9.17) is 13.3 Å². The summed E-state index contributed by atoms with van der Waals surface area (Å²) in [6, 6.07) is 97.0. The highest BCUT2D eigenvalue weighted by molar-refractivity contribution is 7.26. The Kier molecular flexibility index (Phi) is 10.1. The molecule has 20 rings (SSSR count). The lowest BCUT2D eigenvalue weighted by molar-refractivity contribution is 0.669. The molecule has 20 aromatic rings. The molecule has 0 saturated heterocycles. The molecule has 0 radical (unpaired) electrons. The van der Waals surface area contributed by atoms with Crippen molar-refractivity contribution in [1.29, 1.82) is 0 Å². The minimum atomic E-state index is 0.847. The lowest BCUT2D eigenvalue weighted by atomic mass is 9.98. The maximum Gasteiger partial charge on any atom is 0.144 e. The fourth-order valence-corrected chi connectivity index (χ4v) is 17.5. The Morgan fingerprint density at radius 2 is 0.670 bits per heavy atom. The number of fused-ring (bicyclic) bond motifs is 24. The van der Waals surface area contributed by atoms with Crippen LogP contribution in [0.1, 0.15) is 0 Å². The highest BCUT2D eigenvalue weighted by Crippen LogP contribution is 2.50. The third-order valence-electron chi connectivity index (χ3n) is 18.2. The standard InChI is InChI=1S/C80H44N2O3S3/c1-3-12-49(13-4-1)81(53-23-31-63-73(43-53)87-71-37-33-61-59-29-19-45-11-7-8-16-55(45)77(59)84-79(61)75(63)71)51-25-35-67-65(41-51)57-28-21-47(40-68(57)83-67)46-20-27-56-48(39-46)22-30-60-62-34-38-72-76(80(62)85-78(56)60)64-32-24-54(44-74(64)88-72)82(50-14-5-2-6-15-50)52-26-36-70-66(42-52)58-17-9-10-18-69(58)86-70/h1-44H. The largest absolute Gasteiger partial charge is 0.456 e. The number of thiophene rings is 3. The zero-order chi connectivity index (χ0) is 57.3. The van der Waals surface area contributed by atoms with Crippen molar-refractivity contribution in [2.45, 2.75) is 0 Å². The molecule has 0 aliphatic heterocycles. The van der Waals surface area contributed by atoms with Gasteiger partial charge in [0.1, 0.15) is 33.5 Å². The van der Waals surface area contributed by atoms with Crippen molar-refractivity contribution in [1.82, 2.24) is 0 Å². The molecule has 0 atom stereocenters. The van der Waals surface area contributed by atoms with Crippen LogP contribution in [0.15, 0.2) is 280 Å². The lowest BCUT2D eigenvalue weighted by Gasteiger charge is -2.25. The van der Waals surface area contributed by atoms with Crippen molar-refractivity contribution < 1.29 is 13.3 Å². The molecule has 0 amide bonds. The first-order valence-corrected chi connectivity index (χ1v) is 32.0. The predicted molar refractivity (Wildman–Crippen MR) is 377 cm³/mol. The van der Waals surface area contributed by atoms with Gasteiger partial charge in [0, 0.05) is 138 Å². The minimum absolute atomic E-state index is 0.847. The molecule has 0 bridgehead atoms. The number of anilines is 6. The Morgan fingerprint density at radius 3 is 1.34 bits per heavy atom. The number of benzene rings is 14. The first-order valence-electron chi connectivity index (χ1n) is 29.6. The van der Waals surface area contributed by atoms with E-state index >= 15 is 0 Å². The van der Waals surface area contributed by atoms with Gasteiger partial charge in [-0.25, -0.2) is 0 Å². The normalized spacial score (nSPS) is 12.3. The van der Waals surface area contributed by atoms with Crippen molar-refractivity contribution in [3.05, 3.63) is 267 Å². The second kappa shape index (κ2) is 18.4. The van der Waals surface area contributed by atoms with Crippen molar-refractivity contribution >= 4 is 216 Å². The van der Waals surface area contributed by atoms with E-state index in [9.17, 15) is 0 Å². The summed E-state index contributed by atoms with van der Waals surface area (Å²) in [5.41, 5.74) is 14.2. The maximum absolute atomic E-state index is 7.09. The van der Waals surface area contributed by atoms with Crippen LogP contribution in [0.3, 0.4) is 0 Å². The Morgan fingerprint density at radius 1 is 0.216 bits per heavy atom. The van der Waals surface area contributed by atoms with Gasteiger partial charge in [0.05, 0.1) is 0 Å². The molecule has 0 saturated carbocycles. The van der Waals surface area contributed by atoms with E-state index in [2.05, 4.69) is 277 Å². The van der Waals surface area contributed by atoms with Gasteiger partial charge < -0.3 is 23.1 Å². The zero-order valence-corrected chi connectivity index (χ0v) is 49.2. The van der Waals surface area contributed by atoms with Crippen molar-refractivity contribution in [2.75, 3.05) is 9.80 Å². The van der Waals surface area contributed by atoms with E-state index in [1.54, 1.807) is 0 Å². The van der Waals surface area contributed by atoms with Gasteiger partial charge in [-0.05, 0) is 174 Å². The smallest absolute Gasteiger partial charge is 0.144 e. The van der Waals surface area contributed by atoms with E-state index in [-0.39, 0.29) is 0 Å². The molecule has 0 N–H and O–H groups in total. The molecule has 6 aromatic heterocycles. The lowest BCUT2D eigenvalue weighted by Crippen LogP contribution is -2.09. The molecule has 5 nitrogen and oxygen atoms in total. The monoisotopic (exact) mass is 1180 g/mol. The van der Waals surface area contributed by atoms with Crippen molar-refractivity contribution in [3.8, 4) is 11.1 Å². The summed E-state index contributed by atoms with van der Waals surface area (Å²) in [5, 5.41) is 18.5. The summed E-state index contributed by atoms with van der Waals surface area (Å²) < 4.78 is 28.1. The first kappa shape index (κ1) is 48.5. The number of para-hydroxylation sites is 2. The van der Waals surface area contributed by atoms with Crippen LogP contribution in [0, 0.1) is 0 Å². The highest BCUT2D eigenvalue weighted by atomic mass is 32.1. The molecule has 0 aliphatic carbocycles. The van der Waals surface area contributed by atoms with E-state index < -0.39 is 0 Å². The van der Waals surface area contributed by atoms with Crippen LogP contribution < -0.4 is 9.80 Å². The van der Waals surface area contributed by atoms with Gasteiger partial charge >= 0.3 is 0 Å². The molecule has 0 fully saturated rings. The Labute approximate surface area is 513 Å². The quantitative estimate of drug-likeness (QED) is 0.159. The second-order valence-corrected chi connectivity index (χ2v) is 26.3. The maximum atomic E-state index is 7.09. The number of hydrogen-bond acceptors (Lipinski definition) is 8. The number of hydrogen-bond donors (Lipinski definition) is 0. The molecule has 14 aromatic carbocycles. The molecule has 6 heterocycles. The molecule has 8 heteroatoms. The summed E-state index contributed by atoms with van der Waals surface area (Å²) in [6.07, 6.45) is 0. The first-order chi connectivity index (χ1) is 43.6. The van der Waals surface area contributed by atoms with Crippen LogP contribution >= 0.6 is 34.0 Å². The minimum Gasteiger partial charge on any atom is -0.456 e. The topological polar surface area (TPSA) is 45.9 Å². The second-order valence-electron chi connectivity index (χ2n) is 23.1. The fraction of sp³-hybridized carbons (Fsp3) is 0. The summed E-state index contributed by atoms with van der Waals surface area (Å²) in [5.74, 6) is 0. The molecule has 0 unspecified atom stereocenters. The fourth-order valence-electron chi connectivity index (χ4n) is 14.1. The number of furan rings is 3. The average molecular weight is 1180 g/mol. The van der Waals surface area contributed by atoms with Crippen LogP contribution in [0.4, 0.5) is 34.1 Å². The van der Waals surface area contributed by atoms with Gasteiger partial charge in [-0.3, -0.25) is 0 Å². The summed E-state index contributed by atoms with van der Waals surface area (Å²) in [6.45, 7) is 0. The van der Waals surface area contributed by atoms with Crippen LogP contribution in [0.25, 0.3) is 159 Å². The van der Waals surface area contributed by atoms with E-state index in [1.807, 2.05) is 34.0 Å². The third kappa shape index (κ3) is 7.13. The van der Waals surface area contributed by atoms with E-state index in [0.29, 0.717) is 0 Å². The van der Waals surface area contributed by atoms with Crippen LogP contribution in [-0.4, -0.2) is 0 Å². The number of rotatable bonds is 7. The van der Waals surface area contributed by atoms with Gasteiger partial charge in [-0.15, -0.1) is 34.0 Å². The SMILES string of the molecule is c1ccc(N(c2ccc3c(c2)sc2ccc4c5ccc6ccccc6c5oc4c23)c2ccc3oc4cc(-c5ccc6c(ccc7c8ccc9sc%10cc(N(c%11ccccc%11)c%11ccc%12sc%13ccccc%13c%12c%11)ccc%10c9c8oc67)c5)ccc4c3c2)cc1.